The standard InChI is InChI=1S/C29H28N2O3/c1-20-10-12-22(13-11-20)19-31-25-8-4-5-9-26(25)34-27(29(31)33)18-21-14-16-23(17-15-21)28(32)30-24-6-2-3-7-24/h4-5,8-18,24H,2-3,6-7,19H2,1H3,(H,30,32)/b27-18+. The summed E-state index contributed by atoms with van der Waals surface area (Å²) in [5.74, 6) is 0.665. The zero-order chi connectivity index (χ0) is 23.5. The average molecular weight is 453 g/mol. The molecule has 2 aliphatic rings. The van der Waals surface area contributed by atoms with Gasteiger partial charge >= 0.3 is 0 Å². The Hall–Kier alpha value is -3.86. The third kappa shape index (κ3) is 4.74. The summed E-state index contributed by atoms with van der Waals surface area (Å²) >= 11 is 0. The number of nitrogens with one attached hydrogen (secondary N) is 1. The number of carbonyl (C=O) groups is 2. The van der Waals surface area contributed by atoms with Gasteiger partial charge in [-0.2, -0.15) is 0 Å². The Kier molecular flexibility index (Phi) is 6.17. The van der Waals surface area contributed by atoms with E-state index >= 15 is 0 Å². The highest BCUT2D eigenvalue weighted by atomic mass is 16.5. The summed E-state index contributed by atoms with van der Waals surface area (Å²) in [7, 11) is 0. The first kappa shape index (κ1) is 22.0. The molecule has 0 aromatic heterocycles. The second kappa shape index (κ2) is 9.56. The maximum Gasteiger partial charge on any atom is 0.294 e. The van der Waals surface area contributed by atoms with E-state index in [1.807, 2.05) is 67.6 Å². The largest absolute Gasteiger partial charge is 0.449 e. The van der Waals surface area contributed by atoms with Gasteiger partial charge in [0.15, 0.2) is 11.5 Å². The molecule has 3 aromatic carbocycles. The summed E-state index contributed by atoms with van der Waals surface area (Å²) in [5, 5.41) is 3.11. The van der Waals surface area contributed by atoms with Crippen LogP contribution in [0.2, 0.25) is 0 Å². The minimum atomic E-state index is -0.192. The fraction of sp³-hybridized carbons (Fsp3) is 0.241. The van der Waals surface area contributed by atoms with Gasteiger partial charge in [-0.3, -0.25) is 14.5 Å². The van der Waals surface area contributed by atoms with Gasteiger partial charge in [0.05, 0.1) is 12.2 Å². The molecular formula is C29H28N2O3. The summed E-state index contributed by atoms with van der Waals surface area (Å²) in [6.07, 6.45) is 6.19. The number of amides is 2. The number of ether oxygens (including phenoxy) is 1. The lowest BCUT2D eigenvalue weighted by Gasteiger charge is -2.30. The zero-order valence-electron chi connectivity index (χ0n) is 19.3. The monoisotopic (exact) mass is 452 g/mol. The number of benzene rings is 3. The van der Waals surface area contributed by atoms with E-state index in [4.69, 9.17) is 4.74 Å². The van der Waals surface area contributed by atoms with Crippen molar-refractivity contribution in [1.29, 1.82) is 0 Å². The van der Waals surface area contributed by atoms with Crippen LogP contribution in [-0.2, 0) is 11.3 Å². The lowest BCUT2D eigenvalue weighted by molar-refractivity contribution is -0.117. The molecule has 1 aliphatic heterocycles. The number of fused-ring (bicyclic) bond motifs is 1. The van der Waals surface area contributed by atoms with Gasteiger partial charge in [0.1, 0.15) is 0 Å². The molecule has 0 radical (unpaired) electrons. The fourth-order valence-electron chi connectivity index (χ4n) is 4.52. The van der Waals surface area contributed by atoms with Gasteiger partial charge in [-0.05, 0) is 61.2 Å². The van der Waals surface area contributed by atoms with Crippen LogP contribution in [-0.4, -0.2) is 17.9 Å². The number of carbonyl (C=O) groups excluding carboxylic acids is 2. The van der Waals surface area contributed by atoms with E-state index < -0.39 is 0 Å². The van der Waals surface area contributed by atoms with Crippen molar-refractivity contribution < 1.29 is 14.3 Å². The molecule has 172 valence electrons. The second-order valence-corrected chi connectivity index (χ2v) is 9.03. The number of para-hydroxylation sites is 2. The van der Waals surface area contributed by atoms with E-state index in [1.165, 1.54) is 18.4 Å². The lowest BCUT2D eigenvalue weighted by atomic mass is 10.1. The number of aryl methyl sites for hydroxylation is 1. The predicted octanol–water partition coefficient (Wildman–Crippen LogP) is 5.63. The molecule has 1 saturated carbocycles. The lowest BCUT2D eigenvalue weighted by Crippen LogP contribution is -2.36. The quantitative estimate of drug-likeness (QED) is 0.510. The van der Waals surface area contributed by atoms with E-state index in [1.54, 1.807) is 23.1 Å². The second-order valence-electron chi connectivity index (χ2n) is 9.03. The molecule has 5 heteroatoms. The molecule has 1 N–H and O–H groups in total. The van der Waals surface area contributed by atoms with Gasteiger partial charge < -0.3 is 10.1 Å². The molecule has 1 aliphatic carbocycles. The Bertz CT molecular complexity index is 1220. The highest BCUT2D eigenvalue weighted by Crippen LogP contribution is 2.36. The number of rotatable bonds is 5. The van der Waals surface area contributed by atoms with Crippen LogP contribution in [0.5, 0.6) is 5.75 Å². The Balaban J connectivity index is 1.37. The van der Waals surface area contributed by atoms with Crippen molar-refractivity contribution in [3.63, 3.8) is 0 Å². The highest BCUT2D eigenvalue weighted by molar-refractivity contribution is 6.09. The van der Waals surface area contributed by atoms with Crippen molar-refractivity contribution in [2.75, 3.05) is 4.90 Å². The summed E-state index contributed by atoms with van der Waals surface area (Å²) in [6, 6.07) is 23.3. The number of hydrogen-bond donors (Lipinski definition) is 1. The molecule has 0 bridgehead atoms. The molecule has 1 heterocycles. The molecule has 2 amide bonds. The van der Waals surface area contributed by atoms with Crippen LogP contribution >= 0.6 is 0 Å². The van der Waals surface area contributed by atoms with Crippen molar-refractivity contribution in [1.82, 2.24) is 5.32 Å². The summed E-state index contributed by atoms with van der Waals surface area (Å²) in [4.78, 5) is 27.7. The first-order valence-electron chi connectivity index (χ1n) is 11.8. The first-order chi connectivity index (χ1) is 16.6. The van der Waals surface area contributed by atoms with Crippen LogP contribution in [0.25, 0.3) is 6.08 Å². The SMILES string of the molecule is Cc1ccc(CN2C(=O)/C(=C\c3ccc(C(=O)NC4CCCC4)cc3)Oc3ccccc32)cc1. The normalized spacial score (nSPS) is 16.9. The van der Waals surface area contributed by atoms with E-state index in [2.05, 4.69) is 5.32 Å². The topological polar surface area (TPSA) is 58.6 Å². The van der Waals surface area contributed by atoms with Crippen LogP contribution in [0, 0.1) is 6.92 Å². The molecule has 0 saturated heterocycles. The molecule has 1 fully saturated rings. The highest BCUT2D eigenvalue weighted by Gasteiger charge is 2.30. The van der Waals surface area contributed by atoms with Gasteiger partial charge in [-0.25, -0.2) is 0 Å². The van der Waals surface area contributed by atoms with Gasteiger partial charge in [0.2, 0.25) is 0 Å². The number of hydrogen-bond acceptors (Lipinski definition) is 3. The van der Waals surface area contributed by atoms with Crippen molar-refractivity contribution >= 4 is 23.6 Å². The predicted molar refractivity (Wildman–Crippen MR) is 134 cm³/mol. The Labute approximate surface area is 200 Å². The Morgan fingerprint density at radius 3 is 2.44 bits per heavy atom. The van der Waals surface area contributed by atoms with Crippen LogP contribution in [0.15, 0.2) is 78.6 Å². The van der Waals surface area contributed by atoms with Crippen molar-refractivity contribution in [2.24, 2.45) is 0 Å². The van der Waals surface area contributed by atoms with Crippen LogP contribution < -0.4 is 15.0 Å². The molecule has 0 spiro atoms. The zero-order valence-corrected chi connectivity index (χ0v) is 19.3. The van der Waals surface area contributed by atoms with E-state index in [-0.39, 0.29) is 23.6 Å². The molecule has 0 atom stereocenters. The van der Waals surface area contributed by atoms with Gasteiger partial charge in [0.25, 0.3) is 11.8 Å². The third-order valence-corrected chi connectivity index (χ3v) is 6.45. The first-order valence-corrected chi connectivity index (χ1v) is 11.8. The smallest absolute Gasteiger partial charge is 0.294 e. The molecule has 5 rings (SSSR count). The van der Waals surface area contributed by atoms with E-state index in [9.17, 15) is 9.59 Å². The average Bonchev–Trinajstić information content (AvgIpc) is 3.36. The molecule has 3 aromatic rings. The van der Waals surface area contributed by atoms with Crippen molar-refractivity contribution in [3.8, 4) is 5.75 Å². The summed E-state index contributed by atoms with van der Waals surface area (Å²) < 4.78 is 5.99. The molecular weight excluding hydrogens is 424 g/mol. The van der Waals surface area contributed by atoms with Crippen LogP contribution in [0.4, 0.5) is 5.69 Å². The van der Waals surface area contributed by atoms with Gasteiger partial charge in [-0.15, -0.1) is 0 Å². The summed E-state index contributed by atoms with van der Waals surface area (Å²) in [6.45, 7) is 2.50. The fourth-order valence-corrected chi connectivity index (χ4v) is 4.52. The van der Waals surface area contributed by atoms with Gasteiger partial charge in [0, 0.05) is 11.6 Å². The number of anilines is 1. The van der Waals surface area contributed by atoms with Crippen LogP contribution in [0.3, 0.4) is 0 Å². The molecule has 34 heavy (non-hydrogen) atoms. The Morgan fingerprint density at radius 1 is 1.00 bits per heavy atom. The van der Waals surface area contributed by atoms with Crippen molar-refractivity contribution in [3.05, 3.63) is 101 Å². The van der Waals surface area contributed by atoms with Crippen LogP contribution in [0.1, 0.15) is 52.7 Å². The maximum atomic E-state index is 13.4. The van der Waals surface area contributed by atoms with E-state index in [0.717, 1.165) is 29.7 Å². The molecule has 5 nitrogen and oxygen atoms in total. The molecule has 0 unspecified atom stereocenters. The number of nitrogens with zero attached hydrogens (tertiary/aromatic N) is 1. The minimum Gasteiger partial charge on any atom is -0.449 e. The van der Waals surface area contributed by atoms with Gasteiger partial charge in [-0.1, -0.05) is 66.9 Å². The third-order valence-electron chi connectivity index (χ3n) is 6.45. The minimum absolute atomic E-state index is 0.0469. The maximum absolute atomic E-state index is 13.4. The van der Waals surface area contributed by atoms with Crippen molar-refractivity contribution in [2.45, 2.75) is 45.2 Å². The van der Waals surface area contributed by atoms with E-state index in [0.29, 0.717) is 17.9 Å². The summed E-state index contributed by atoms with van der Waals surface area (Å²) in [5.41, 5.74) is 4.40. The Morgan fingerprint density at radius 2 is 1.71 bits per heavy atom.